The third kappa shape index (κ3) is 3.91. The molecule has 5 heteroatoms. The van der Waals surface area contributed by atoms with Gasteiger partial charge in [0.1, 0.15) is 0 Å². The van der Waals surface area contributed by atoms with E-state index in [1.54, 1.807) is 0 Å². The number of hydrogen-bond donors (Lipinski definition) is 1. The van der Waals surface area contributed by atoms with Crippen LogP contribution in [-0.4, -0.2) is 22.6 Å². The van der Waals surface area contributed by atoms with Gasteiger partial charge in [0, 0.05) is 12.1 Å². The molecule has 100 valence electrons. The summed E-state index contributed by atoms with van der Waals surface area (Å²) in [7, 11) is 0. The molecule has 0 radical (unpaired) electrons. The van der Waals surface area contributed by atoms with E-state index >= 15 is 0 Å². The Morgan fingerprint density at radius 1 is 1.32 bits per heavy atom. The SMILES string of the molecule is CCCCNC(=O)Cc1noc(-c2ccccc2)n1. The lowest BCUT2D eigenvalue weighted by molar-refractivity contribution is -0.120. The number of amides is 1. The topological polar surface area (TPSA) is 68.0 Å². The molecule has 0 saturated carbocycles. The molecule has 0 unspecified atom stereocenters. The minimum absolute atomic E-state index is 0.0751. The summed E-state index contributed by atoms with van der Waals surface area (Å²) in [6.07, 6.45) is 2.19. The van der Waals surface area contributed by atoms with Gasteiger partial charge in [-0.1, -0.05) is 36.7 Å². The van der Waals surface area contributed by atoms with Crippen LogP contribution in [0.3, 0.4) is 0 Å². The molecule has 2 rings (SSSR count). The van der Waals surface area contributed by atoms with E-state index < -0.39 is 0 Å². The zero-order valence-corrected chi connectivity index (χ0v) is 10.9. The maximum Gasteiger partial charge on any atom is 0.257 e. The summed E-state index contributed by atoms with van der Waals surface area (Å²) >= 11 is 0. The van der Waals surface area contributed by atoms with E-state index in [1.165, 1.54) is 0 Å². The highest BCUT2D eigenvalue weighted by Gasteiger charge is 2.11. The van der Waals surface area contributed by atoms with Crippen LogP contribution in [0.25, 0.3) is 11.5 Å². The fourth-order valence-electron chi connectivity index (χ4n) is 1.63. The van der Waals surface area contributed by atoms with Gasteiger partial charge in [0.15, 0.2) is 5.82 Å². The highest BCUT2D eigenvalue weighted by atomic mass is 16.5. The number of carbonyl (C=O) groups is 1. The van der Waals surface area contributed by atoms with E-state index in [0.717, 1.165) is 18.4 Å². The summed E-state index contributed by atoms with van der Waals surface area (Å²) in [4.78, 5) is 15.8. The zero-order chi connectivity index (χ0) is 13.5. The van der Waals surface area contributed by atoms with Crippen LogP contribution in [0.4, 0.5) is 0 Å². The van der Waals surface area contributed by atoms with Crippen molar-refractivity contribution in [2.24, 2.45) is 0 Å². The maximum atomic E-state index is 11.6. The molecule has 2 aromatic rings. The van der Waals surface area contributed by atoms with Crippen molar-refractivity contribution in [2.45, 2.75) is 26.2 Å². The lowest BCUT2D eigenvalue weighted by Crippen LogP contribution is -2.26. The number of benzene rings is 1. The van der Waals surface area contributed by atoms with Crippen molar-refractivity contribution in [1.82, 2.24) is 15.5 Å². The molecule has 0 fully saturated rings. The fraction of sp³-hybridized carbons (Fsp3) is 0.357. The average molecular weight is 259 g/mol. The third-order valence-corrected chi connectivity index (χ3v) is 2.66. The van der Waals surface area contributed by atoms with E-state index in [4.69, 9.17) is 4.52 Å². The molecule has 0 aliphatic heterocycles. The summed E-state index contributed by atoms with van der Waals surface area (Å²) in [5.74, 6) is 0.777. The lowest BCUT2D eigenvalue weighted by atomic mass is 10.2. The van der Waals surface area contributed by atoms with E-state index in [0.29, 0.717) is 18.3 Å². The average Bonchev–Trinajstić information content (AvgIpc) is 2.88. The van der Waals surface area contributed by atoms with Crippen molar-refractivity contribution in [3.63, 3.8) is 0 Å². The number of hydrogen-bond acceptors (Lipinski definition) is 4. The summed E-state index contributed by atoms with van der Waals surface area (Å²) in [5, 5.41) is 6.63. The van der Waals surface area contributed by atoms with Crippen LogP contribution in [0.15, 0.2) is 34.9 Å². The molecule has 1 N–H and O–H groups in total. The van der Waals surface area contributed by atoms with E-state index in [2.05, 4.69) is 22.4 Å². The Morgan fingerprint density at radius 3 is 2.84 bits per heavy atom. The molecule has 1 aromatic heterocycles. The molecule has 1 aromatic carbocycles. The summed E-state index contributed by atoms with van der Waals surface area (Å²) < 4.78 is 5.14. The highest BCUT2D eigenvalue weighted by Crippen LogP contribution is 2.15. The molecule has 0 aliphatic rings. The van der Waals surface area contributed by atoms with Crippen LogP contribution in [-0.2, 0) is 11.2 Å². The van der Waals surface area contributed by atoms with Gasteiger partial charge in [0.25, 0.3) is 5.89 Å². The standard InChI is InChI=1S/C14H17N3O2/c1-2-3-9-15-13(18)10-12-16-14(19-17-12)11-7-5-4-6-8-11/h4-8H,2-3,9-10H2,1H3,(H,15,18). The van der Waals surface area contributed by atoms with E-state index in [1.807, 2.05) is 30.3 Å². The first kappa shape index (κ1) is 13.3. The van der Waals surface area contributed by atoms with Crippen LogP contribution in [0, 0.1) is 0 Å². The van der Waals surface area contributed by atoms with Gasteiger partial charge in [-0.2, -0.15) is 4.98 Å². The fourth-order valence-corrected chi connectivity index (χ4v) is 1.63. The molecular weight excluding hydrogens is 242 g/mol. The Bertz CT molecular complexity index is 522. The first-order valence-corrected chi connectivity index (χ1v) is 6.44. The monoisotopic (exact) mass is 259 g/mol. The molecule has 5 nitrogen and oxygen atoms in total. The van der Waals surface area contributed by atoms with Gasteiger partial charge in [0.2, 0.25) is 5.91 Å². The molecule has 19 heavy (non-hydrogen) atoms. The number of rotatable bonds is 6. The van der Waals surface area contributed by atoms with Crippen molar-refractivity contribution < 1.29 is 9.32 Å². The Kier molecular flexibility index (Phi) is 4.66. The highest BCUT2D eigenvalue weighted by molar-refractivity contribution is 5.77. The number of aromatic nitrogens is 2. The van der Waals surface area contributed by atoms with Crippen molar-refractivity contribution in [2.75, 3.05) is 6.54 Å². The number of nitrogens with one attached hydrogen (secondary N) is 1. The molecule has 1 heterocycles. The van der Waals surface area contributed by atoms with Crippen LogP contribution in [0.1, 0.15) is 25.6 Å². The molecule has 0 bridgehead atoms. The van der Waals surface area contributed by atoms with Gasteiger partial charge < -0.3 is 9.84 Å². The maximum absolute atomic E-state index is 11.6. The lowest BCUT2D eigenvalue weighted by Gasteiger charge is -2.00. The van der Waals surface area contributed by atoms with Crippen LogP contribution in [0.2, 0.25) is 0 Å². The molecule has 1 amide bonds. The second kappa shape index (κ2) is 6.68. The molecule has 0 aliphatic carbocycles. The number of nitrogens with zero attached hydrogens (tertiary/aromatic N) is 2. The largest absolute Gasteiger partial charge is 0.356 e. The first-order chi connectivity index (χ1) is 9.29. The molecule has 0 saturated heterocycles. The number of unbranched alkanes of at least 4 members (excludes halogenated alkanes) is 1. The van der Waals surface area contributed by atoms with Gasteiger partial charge in [-0.15, -0.1) is 0 Å². The second-order valence-electron chi connectivity index (χ2n) is 4.26. The predicted octanol–water partition coefficient (Wildman–Crippen LogP) is 2.20. The van der Waals surface area contributed by atoms with Crippen LogP contribution >= 0.6 is 0 Å². The van der Waals surface area contributed by atoms with Crippen LogP contribution < -0.4 is 5.32 Å². The minimum Gasteiger partial charge on any atom is -0.356 e. The van der Waals surface area contributed by atoms with Gasteiger partial charge >= 0.3 is 0 Å². The van der Waals surface area contributed by atoms with Crippen molar-refractivity contribution in [1.29, 1.82) is 0 Å². The van der Waals surface area contributed by atoms with Crippen molar-refractivity contribution in [3.05, 3.63) is 36.2 Å². The molecule has 0 spiro atoms. The van der Waals surface area contributed by atoms with Crippen molar-refractivity contribution >= 4 is 5.91 Å². The Balaban J connectivity index is 1.93. The van der Waals surface area contributed by atoms with Gasteiger partial charge in [-0.3, -0.25) is 4.79 Å². The van der Waals surface area contributed by atoms with Gasteiger partial charge in [-0.05, 0) is 18.6 Å². The quantitative estimate of drug-likeness (QED) is 0.807. The first-order valence-electron chi connectivity index (χ1n) is 6.44. The number of carbonyl (C=O) groups excluding carboxylic acids is 1. The Morgan fingerprint density at radius 2 is 2.11 bits per heavy atom. The predicted molar refractivity (Wildman–Crippen MR) is 71.4 cm³/mol. The van der Waals surface area contributed by atoms with Gasteiger partial charge in [0.05, 0.1) is 6.42 Å². The van der Waals surface area contributed by atoms with Crippen molar-refractivity contribution in [3.8, 4) is 11.5 Å². The minimum atomic E-state index is -0.0751. The Labute approximate surface area is 112 Å². The molecular formula is C14H17N3O2. The van der Waals surface area contributed by atoms with Crippen LogP contribution in [0.5, 0.6) is 0 Å². The molecule has 0 atom stereocenters. The third-order valence-electron chi connectivity index (χ3n) is 2.66. The smallest absolute Gasteiger partial charge is 0.257 e. The summed E-state index contributed by atoms with van der Waals surface area (Å²) in [6, 6.07) is 9.49. The zero-order valence-electron chi connectivity index (χ0n) is 10.9. The van der Waals surface area contributed by atoms with Gasteiger partial charge in [-0.25, -0.2) is 0 Å². The Hall–Kier alpha value is -2.17. The summed E-state index contributed by atoms with van der Waals surface area (Å²) in [6.45, 7) is 2.77. The second-order valence-corrected chi connectivity index (χ2v) is 4.26. The van der Waals surface area contributed by atoms with E-state index in [9.17, 15) is 4.79 Å². The summed E-state index contributed by atoms with van der Waals surface area (Å²) in [5.41, 5.74) is 0.854. The normalized spacial score (nSPS) is 10.4. The van der Waals surface area contributed by atoms with E-state index in [-0.39, 0.29) is 12.3 Å².